The molecule has 0 unspecified atom stereocenters. The van der Waals surface area contributed by atoms with E-state index in [1.807, 2.05) is 43.3 Å². The van der Waals surface area contributed by atoms with E-state index in [9.17, 15) is 4.79 Å². The standard InChI is InChI=1S/C22H23N3O3S/c1-14-7-5-8-17(11-14)13-28-20-18(9-6-10-19(20)27-4)12-23-25-22-24-15(2)21(29-22)16(3)26/h5-12H,13H2,1-4H3,(H,24,25)/b23-12-. The van der Waals surface area contributed by atoms with Crippen LogP contribution in [0.1, 0.15) is 39.0 Å². The number of carbonyl (C=O) groups is 1. The fourth-order valence-electron chi connectivity index (χ4n) is 2.84. The number of carbonyl (C=O) groups excluding carboxylic acids is 1. The van der Waals surface area contributed by atoms with Crippen molar-refractivity contribution in [1.29, 1.82) is 0 Å². The van der Waals surface area contributed by atoms with Gasteiger partial charge in [-0.2, -0.15) is 5.10 Å². The molecule has 0 radical (unpaired) electrons. The zero-order valence-electron chi connectivity index (χ0n) is 16.9. The molecule has 6 nitrogen and oxygen atoms in total. The van der Waals surface area contributed by atoms with Gasteiger partial charge in [-0.15, -0.1) is 0 Å². The van der Waals surface area contributed by atoms with Gasteiger partial charge in [0.1, 0.15) is 6.61 Å². The molecule has 0 fully saturated rings. The number of nitrogens with one attached hydrogen (secondary N) is 1. The van der Waals surface area contributed by atoms with E-state index in [1.54, 1.807) is 20.2 Å². The van der Waals surface area contributed by atoms with Gasteiger partial charge in [-0.3, -0.25) is 10.2 Å². The number of rotatable bonds is 8. The maximum atomic E-state index is 11.6. The summed E-state index contributed by atoms with van der Waals surface area (Å²) < 4.78 is 11.5. The van der Waals surface area contributed by atoms with Crippen LogP contribution in [0.15, 0.2) is 47.6 Å². The van der Waals surface area contributed by atoms with E-state index in [4.69, 9.17) is 9.47 Å². The third-order valence-electron chi connectivity index (χ3n) is 4.18. The Morgan fingerprint density at radius 2 is 2.03 bits per heavy atom. The van der Waals surface area contributed by atoms with Crippen LogP contribution in [0.25, 0.3) is 0 Å². The van der Waals surface area contributed by atoms with Crippen molar-refractivity contribution in [3.05, 3.63) is 69.7 Å². The van der Waals surface area contributed by atoms with Crippen LogP contribution in [0, 0.1) is 13.8 Å². The third-order valence-corrected chi connectivity index (χ3v) is 5.34. The van der Waals surface area contributed by atoms with Crippen molar-refractivity contribution in [3.8, 4) is 11.5 Å². The molecule has 150 valence electrons. The summed E-state index contributed by atoms with van der Waals surface area (Å²) >= 11 is 1.28. The number of hydrogen-bond donors (Lipinski definition) is 1. The molecule has 0 spiro atoms. The molecular weight excluding hydrogens is 386 g/mol. The Morgan fingerprint density at radius 3 is 2.72 bits per heavy atom. The van der Waals surface area contributed by atoms with Crippen molar-refractivity contribution in [2.75, 3.05) is 12.5 Å². The minimum Gasteiger partial charge on any atom is -0.493 e. The Labute approximate surface area is 174 Å². The lowest BCUT2D eigenvalue weighted by Crippen LogP contribution is -2.01. The van der Waals surface area contributed by atoms with E-state index in [2.05, 4.69) is 21.6 Å². The molecule has 1 heterocycles. The molecule has 7 heteroatoms. The third kappa shape index (κ3) is 5.20. The van der Waals surface area contributed by atoms with Gasteiger partial charge in [-0.25, -0.2) is 4.98 Å². The quantitative estimate of drug-likeness (QED) is 0.322. The lowest BCUT2D eigenvalue weighted by molar-refractivity contribution is 0.102. The van der Waals surface area contributed by atoms with Gasteiger partial charge in [0.2, 0.25) is 5.13 Å². The van der Waals surface area contributed by atoms with Crippen LogP contribution in [0.3, 0.4) is 0 Å². The number of methoxy groups -OCH3 is 1. The highest BCUT2D eigenvalue weighted by atomic mass is 32.1. The highest BCUT2D eigenvalue weighted by Gasteiger charge is 2.12. The minimum atomic E-state index is -0.00309. The fraction of sp³-hybridized carbons (Fsp3) is 0.227. The summed E-state index contributed by atoms with van der Waals surface area (Å²) in [6, 6.07) is 13.8. The van der Waals surface area contributed by atoms with Crippen LogP contribution in [0.2, 0.25) is 0 Å². The number of anilines is 1. The Kier molecular flexibility index (Phi) is 6.61. The predicted molar refractivity (Wildman–Crippen MR) is 117 cm³/mol. The van der Waals surface area contributed by atoms with Gasteiger partial charge in [0.15, 0.2) is 17.3 Å². The van der Waals surface area contributed by atoms with E-state index in [1.165, 1.54) is 23.8 Å². The largest absolute Gasteiger partial charge is 0.493 e. The maximum absolute atomic E-state index is 11.6. The molecule has 1 aromatic heterocycles. The number of nitrogens with zero attached hydrogens (tertiary/aromatic N) is 2. The molecule has 1 N–H and O–H groups in total. The molecule has 0 atom stereocenters. The summed E-state index contributed by atoms with van der Waals surface area (Å²) in [7, 11) is 1.61. The maximum Gasteiger partial charge on any atom is 0.204 e. The lowest BCUT2D eigenvalue weighted by Gasteiger charge is -2.13. The van der Waals surface area contributed by atoms with E-state index >= 15 is 0 Å². The zero-order valence-corrected chi connectivity index (χ0v) is 17.7. The Morgan fingerprint density at radius 1 is 1.24 bits per heavy atom. The molecule has 0 saturated carbocycles. The van der Waals surface area contributed by atoms with Crippen LogP contribution in [0.4, 0.5) is 5.13 Å². The first kappa shape index (κ1) is 20.5. The number of hydrogen-bond acceptors (Lipinski definition) is 7. The highest BCUT2D eigenvalue weighted by Crippen LogP contribution is 2.31. The van der Waals surface area contributed by atoms with Crippen LogP contribution in [-0.2, 0) is 6.61 Å². The Hall–Kier alpha value is -3.19. The number of ether oxygens (including phenoxy) is 2. The van der Waals surface area contributed by atoms with Gasteiger partial charge in [0.05, 0.1) is 23.9 Å². The molecule has 29 heavy (non-hydrogen) atoms. The van der Waals surface area contributed by atoms with Crippen molar-refractivity contribution < 1.29 is 14.3 Å². The highest BCUT2D eigenvalue weighted by molar-refractivity contribution is 7.17. The second kappa shape index (κ2) is 9.34. The van der Waals surface area contributed by atoms with E-state index in [-0.39, 0.29) is 5.78 Å². The average Bonchev–Trinajstić information content (AvgIpc) is 3.07. The summed E-state index contributed by atoms with van der Waals surface area (Å²) in [4.78, 5) is 16.5. The number of benzene rings is 2. The number of Topliss-reactive ketones (excluding diaryl/α,β-unsaturated/α-hetero) is 1. The Bertz CT molecular complexity index is 1040. The summed E-state index contributed by atoms with van der Waals surface area (Å²) in [5, 5.41) is 4.82. The van der Waals surface area contributed by atoms with Crippen molar-refractivity contribution in [2.24, 2.45) is 5.10 Å². The van der Waals surface area contributed by atoms with E-state index in [0.717, 1.165) is 11.1 Å². The summed E-state index contributed by atoms with van der Waals surface area (Å²) in [6.45, 7) is 5.81. The predicted octanol–water partition coefficient (Wildman–Crippen LogP) is 5.00. The fourth-order valence-corrected chi connectivity index (χ4v) is 3.65. The van der Waals surface area contributed by atoms with Crippen LogP contribution < -0.4 is 14.9 Å². The number of ketones is 1. The number of aromatic nitrogens is 1. The first-order chi connectivity index (χ1) is 14.0. The van der Waals surface area contributed by atoms with Gasteiger partial charge >= 0.3 is 0 Å². The first-order valence-corrected chi connectivity index (χ1v) is 9.92. The summed E-state index contributed by atoms with van der Waals surface area (Å²) in [5.74, 6) is 1.24. The van der Waals surface area contributed by atoms with E-state index in [0.29, 0.717) is 33.8 Å². The summed E-state index contributed by atoms with van der Waals surface area (Å²) in [6.07, 6.45) is 1.65. The van der Waals surface area contributed by atoms with Crippen molar-refractivity contribution >= 4 is 28.5 Å². The SMILES string of the molecule is COc1cccc(/C=N\Nc2nc(C)c(C(C)=O)s2)c1OCc1cccc(C)c1. The van der Waals surface area contributed by atoms with E-state index < -0.39 is 0 Å². The second-order valence-corrected chi connectivity index (χ2v) is 7.52. The van der Waals surface area contributed by atoms with Gasteiger partial charge in [-0.1, -0.05) is 47.2 Å². The molecule has 0 amide bonds. The van der Waals surface area contributed by atoms with Crippen molar-refractivity contribution in [3.63, 3.8) is 0 Å². The number of thiazole rings is 1. The topological polar surface area (TPSA) is 72.8 Å². The van der Waals surface area contributed by atoms with Crippen molar-refractivity contribution in [2.45, 2.75) is 27.4 Å². The number of hydrazone groups is 1. The van der Waals surface area contributed by atoms with Crippen molar-refractivity contribution in [1.82, 2.24) is 4.98 Å². The molecule has 2 aromatic carbocycles. The number of para-hydroxylation sites is 1. The van der Waals surface area contributed by atoms with Gasteiger partial charge in [0.25, 0.3) is 0 Å². The molecule has 0 bridgehead atoms. The molecule has 3 rings (SSSR count). The summed E-state index contributed by atoms with van der Waals surface area (Å²) in [5.41, 5.74) is 6.61. The van der Waals surface area contributed by atoms with Crippen LogP contribution in [0.5, 0.6) is 11.5 Å². The molecule has 0 aliphatic rings. The average molecular weight is 410 g/mol. The van der Waals surface area contributed by atoms with Gasteiger partial charge < -0.3 is 9.47 Å². The molecule has 0 aliphatic carbocycles. The number of aryl methyl sites for hydroxylation is 2. The lowest BCUT2D eigenvalue weighted by atomic mass is 10.1. The van der Waals surface area contributed by atoms with Gasteiger partial charge in [0, 0.05) is 12.5 Å². The zero-order chi connectivity index (χ0) is 20.8. The normalized spacial score (nSPS) is 10.9. The van der Waals surface area contributed by atoms with Gasteiger partial charge in [-0.05, 0) is 31.5 Å². The second-order valence-electron chi connectivity index (χ2n) is 6.52. The molecule has 0 aliphatic heterocycles. The molecular formula is C22H23N3O3S. The van der Waals surface area contributed by atoms with Crippen LogP contribution >= 0.6 is 11.3 Å². The minimum absolute atomic E-state index is 0.00309. The first-order valence-electron chi connectivity index (χ1n) is 9.10. The Balaban J connectivity index is 1.77. The monoisotopic (exact) mass is 409 g/mol. The molecule has 3 aromatic rings. The van der Waals surface area contributed by atoms with Crippen LogP contribution in [-0.4, -0.2) is 24.1 Å². The smallest absolute Gasteiger partial charge is 0.204 e. The molecule has 0 saturated heterocycles.